The number of nitrogens with two attached hydrogens (primary N) is 1. The van der Waals surface area contributed by atoms with Crippen LogP contribution in [0, 0.1) is 5.82 Å². The van der Waals surface area contributed by atoms with Crippen LogP contribution in [0.4, 0.5) is 10.2 Å². The maximum absolute atomic E-state index is 13.6. The lowest BCUT2D eigenvalue weighted by atomic mass is 10.2. The molecule has 0 saturated heterocycles. The third kappa shape index (κ3) is 3.02. The molecule has 0 bridgehead atoms. The number of nitrogen functional groups attached to an aromatic ring is 1. The van der Waals surface area contributed by atoms with Crippen molar-refractivity contribution >= 4 is 34.7 Å². The van der Waals surface area contributed by atoms with Gasteiger partial charge in [0.05, 0.1) is 15.9 Å². The second kappa shape index (κ2) is 5.54. The van der Waals surface area contributed by atoms with Crippen LogP contribution in [0.5, 0.6) is 0 Å². The van der Waals surface area contributed by atoms with E-state index < -0.39 is 11.7 Å². The zero-order chi connectivity index (χ0) is 14.0. The van der Waals surface area contributed by atoms with Crippen molar-refractivity contribution in [2.75, 3.05) is 5.73 Å². The summed E-state index contributed by atoms with van der Waals surface area (Å²) in [5.41, 5.74) is 5.20. The monoisotopic (exact) mass is 299 g/mol. The van der Waals surface area contributed by atoms with Crippen LogP contribution < -0.4 is 11.1 Å². The molecule has 2 aromatic heterocycles. The highest BCUT2D eigenvalue weighted by molar-refractivity contribution is 7.16. The third-order valence-corrected chi connectivity index (χ3v) is 3.94. The summed E-state index contributed by atoms with van der Waals surface area (Å²) < 4.78 is 14.3. The van der Waals surface area contributed by atoms with E-state index in [2.05, 4.69) is 10.3 Å². The summed E-state index contributed by atoms with van der Waals surface area (Å²) in [6, 6.07) is 4.58. The van der Waals surface area contributed by atoms with Gasteiger partial charge in [0.2, 0.25) is 0 Å². The Morgan fingerprint density at radius 2 is 2.26 bits per heavy atom. The van der Waals surface area contributed by atoms with Gasteiger partial charge in [-0.15, -0.1) is 11.3 Å². The lowest BCUT2D eigenvalue weighted by Crippen LogP contribution is -2.27. The number of hydrogen-bond donors (Lipinski definition) is 2. The van der Waals surface area contributed by atoms with Gasteiger partial charge in [-0.2, -0.15) is 0 Å². The predicted octanol–water partition coefficient (Wildman–Crippen LogP) is 3.01. The third-order valence-electron chi connectivity index (χ3n) is 2.53. The average Bonchev–Trinajstić information content (AvgIpc) is 2.79. The van der Waals surface area contributed by atoms with E-state index in [-0.39, 0.29) is 17.4 Å². The van der Waals surface area contributed by atoms with Gasteiger partial charge in [-0.25, -0.2) is 9.37 Å². The van der Waals surface area contributed by atoms with E-state index in [1.54, 1.807) is 13.0 Å². The molecule has 0 radical (unpaired) electrons. The van der Waals surface area contributed by atoms with Gasteiger partial charge in [-0.3, -0.25) is 4.79 Å². The van der Waals surface area contributed by atoms with E-state index >= 15 is 0 Å². The number of nitrogens with zero attached hydrogens (tertiary/aromatic N) is 1. The Hall–Kier alpha value is -1.66. The fourth-order valence-corrected chi connectivity index (χ4v) is 2.61. The molecule has 0 fully saturated rings. The lowest BCUT2D eigenvalue weighted by molar-refractivity contribution is 0.0936. The van der Waals surface area contributed by atoms with Crippen LogP contribution in [0.15, 0.2) is 24.4 Å². The molecule has 0 aromatic carbocycles. The topological polar surface area (TPSA) is 68.0 Å². The van der Waals surface area contributed by atoms with Crippen molar-refractivity contribution in [1.29, 1.82) is 0 Å². The number of halogens is 2. The Bertz CT molecular complexity index is 617. The quantitative estimate of drug-likeness (QED) is 0.915. The van der Waals surface area contributed by atoms with Crippen LogP contribution in [0.1, 0.15) is 28.2 Å². The zero-order valence-electron chi connectivity index (χ0n) is 9.98. The Kier molecular flexibility index (Phi) is 4.01. The van der Waals surface area contributed by atoms with Gasteiger partial charge in [0.15, 0.2) is 11.6 Å². The predicted molar refractivity (Wildman–Crippen MR) is 73.8 cm³/mol. The van der Waals surface area contributed by atoms with Crippen LogP contribution >= 0.6 is 22.9 Å². The first kappa shape index (κ1) is 13.8. The SMILES string of the molecule is CC(NC(=O)c1ccnc(N)c1F)c1ccc(Cl)s1. The van der Waals surface area contributed by atoms with Gasteiger partial charge in [0.25, 0.3) is 5.91 Å². The van der Waals surface area contributed by atoms with Crippen LogP contribution in [0.25, 0.3) is 0 Å². The lowest BCUT2D eigenvalue weighted by Gasteiger charge is -2.12. The first-order chi connectivity index (χ1) is 8.99. The van der Waals surface area contributed by atoms with Crippen molar-refractivity contribution in [3.63, 3.8) is 0 Å². The Labute approximate surface area is 118 Å². The molecule has 2 aromatic rings. The molecule has 7 heteroatoms. The minimum Gasteiger partial charge on any atom is -0.381 e. The summed E-state index contributed by atoms with van der Waals surface area (Å²) in [5, 5.41) is 2.68. The minimum atomic E-state index is -0.809. The summed E-state index contributed by atoms with van der Waals surface area (Å²) in [7, 11) is 0. The fourth-order valence-electron chi connectivity index (χ4n) is 1.54. The van der Waals surface area contributed by atoms with E-state index in [0.717, 1.165) is 4.88 Å². The molecule has 0 saturated carbocycles. The second-order valence-electron chi connectivity index (χ2n) is 3.89. The van der Waals surface area contributed by atoms with Crippen molar-refractivity contribution < 1.29 is 9.18 Å². The highest BCUT2D eigenvalue weighted by atomic mass is 35.5. The number of carbonyl (C=O) groups is 1. The van der Waals surface area contributed by atoms with Gasteiger partial charge in [-0.05, 0) is 25.1 Å². The number of thiophene rings is 1. The summed E-state index contributed by atoms with van der Waals surface area (Å²) in [4.78, 5) is 16.4. The van der Waals surface area contributed by atoms with Gasteiger partial charge >= 0.3 is 0 Å². The van der Waals surface area contributed by atoms with E-state index in [0.29, 0.717) is 4.34 Å². The molecule has 19 heavy (non-hydrogen) atoms. The van der Waals surface area contributed by atoms with E-state index in [4.69, 9.17) is 17.3 Å². The number of rotatable bonds is 3. The van der Waals surface area contributed by atoms with Gasteiger partial charge in [-0.1, -0.05) is 11.6 Å². The zero-order valence-corrected chi connectivity index (χ0v) is 11.6. The largest absolute Gasteiger partial charge is 0.381 e. The molecule has 100 valence electrons. The van der Waals surface area contributed by atoms with Crippen LogP contribution in [0.3, 0.4) is 0 Å². The van der Waals surface area contributed by atoms with E-state index in [1.807, 2.05) is 6.07 Å². The molecule has 0 aliphatic heterocycles. The number of nitrogens with one attached hydrogen (secondary N) is 1. The number of pyridine rings is 1. The molecular formula is C12H11ClFN3OS. The van der Waals surface area contributed by atoms with E-state index in [1.165, 1.54) is 23.6 Å². The van der Waals surface area contributed by atoms with Crippen molar-refractivity contribution in [2.45, 2.75) is 13.0 Å². The molecule has 0 aliphatic carbocycles. The maximum atomic E-state index is 13.6. The summed E-state index contributed by atoms with van der Waals surface area (Å²) in [5.74, 6) is -1.64. The van der Waals surface area contributed by atoms with Crippen molar-refractivity contribution in [2.24, 2.45) is 0 Å². The van der Waals surface area contributed by atoms with Crippen molar-refractivity contribution in [3.8, 4) is 0 Å². The molecule has 1 amide bonds. The van der Waals surface area contributed by atoms with Gasteiger partial charge in [0, 0.05) is 11.1 Å². The second-order valence-corrected chi connectivity index (χ2v) is 5.64. The molecule has 4 nitrogen and oxygen atoms in total. The smallest absolute Gasteiger partial charge is 0.254 e. The number of anilines is 1. The van der Waals surface area contributed by atoms with Crippen LogP contribution in [-0.4, -0.2) is 10.9 Å². The standard InChI is InChI=1S/C12H11ClFN3OS/c1-6(8-2-3-9(13)19-8)17-12(18)7-4-5-16-11(15)10(7)14/h2-6H,1H3,(H2,15,16)(H,17,18). The minimum absolute atomic E-state index is 0.123. The number of hydrogen-bond acceptors (Lipinski definition) is 4. The number of amides is 1. The number of aromatic nitrogens is 1. The molecule has 1 atom stereocenters. The highest BCUT2D eigenvalue weighted by Crippen LogP contribution is 2.27. The molecule has 0 spiro atoms. The highest BCUT2D eigenvalue weighted by Gasteiger charge is 2.17. The van der Waals surface area contributed by atoms with Crippen molar-refractivity contribution in [1.82, 2.24) is 10.3 Å². The number of carbonyl (C=O) groups excluding carboxylic acids is 1. The van der Waals surface area contributed by atoms with E-state index in [9.17, 15) is 9.18 Å². The summed E-state index contributed by atoms with van der Waals surface area (Å²) in [6.45, 7) is 1.79. The van der Waals surface area contributed by atoms with Crippen molar-refractivity contribution in [3.05, 3.63) is 45.0 Å². The first-order valence-corrected chi connectivity index (χ1v) is 6.64. The normalized spacial score (nSPS) is 12.2. The van der Waals surface area contributed by atoms with Gasteiger partial charge in [0.1, 0.15) is 0 Å². The Balaban J connectivity index is 2.15. The first-order valence-electron chi connectivity index (χ1n) is 5.45. The van der Waals surface area contributed by atoms with Gasteiger partial charge < -0.3 is 11.1 Å². The Morgan fingerprint density at radius 3 is 2.89 bits per heavy atom. The summed E-state index contributed by atoms with van der Waals surface area (Å²) >= 11 is 7.19. The maximum Gasteiger partial charge on any atom is 0.254 e. The molecule has 2 rings (SSSR count). The summed E-state index contributed by atoms with van der Waals surface area (Å²) in [6.07, 6.45) is 1.29. The van der Waals surface area contributed by atoms with Crippen LogP contribution in [0.2, 0.25) is 4.34 Å². The van der Waals surface area contributed by atoms with Crippen LogP contribution in [-0.2, 0) is 0 Å². The Morgan fingerprint density at radius 1 is 1.53 bits per heavy atom. The molecule has 1 unspecified atom stereocenters. The fraction of sp³-hybridized carbons (Fsp3) is 0.167. The molecule has 3 N–H and O–H groups in total. The average molecular weight is 300 g/mol. The molecule has 2 heterocycles. The molecular weight excluding hydrogens is 289 g/mol. The molecule has 0 aliphatic rings.